The van der Waals surface area contributed by atoms with Crippen LogP contribution in [-0.2, 0) is 19.4 Å². The zero-order valence-corrected chi connectivity index (χ0v) is 14.8. The molecule has 1 aromatic heterocycles. The fourth-order valence-electron chi connectivity index (χ4n) is 3.75. The minimum Gasteiger partial charge on any atom is -0.313 e. The Labute approximate surface area is 134 Å². The van der Waals surface area contributed by atoms with Gasteiger partial charge < -0.3 is 5.32 Å². The molecular formula is C17H30ClN3. The Bertz CT molecular complexity index is 461. The number of hydrogen-bond acceptors (Lipinski definition) is 2. The van der Waals surface area contributed by atoms with Gasteiger partial charge in [-0.3, -0.25) is 4.68 Å². The molecule has 3 nitrogen and oxygen atoms in total. The molecule has 0 spiro atoms. The van der Waals surface area contributed by atoms with Gasteiger partial charge in [0.1, 0.15) is 0 Å². The summed E-state index contributed by atoms with van der Waals surface area (Å²) in [5.41, 5.74) is 2.66. The summed E-state index contributed by atoms with van der Waals surface area (Å²) >= 11 is 6.59. The molecule has 0 aliphatic heterocycles. The highest BCUT2D eigenvalue weighted by Crippen LogP contribution is 2.42. The molecule has 1 aromatic rings. The topological polar surface area (TPSA) is 29.9 Å². The molecule has 0 bridgehead atoms. The average Bonchev–Trinajstić information content (AvgIpc) is 3.04. The fraction of sp³-hybridized carbons (Fsp3) is 0.824. The van der Waals surface area contributed by atoms with E-state index in [-0.39, 0.29) is 0 Å². The first kappa shape index (κ1) is 16.8. The van der Waals surface area contributed by atoms with Crippen LogP contribution in [0.5, 0.6) is 0 Å². The highest BCUT2D eigenvalue weighted by Gasteiger charge is 2.37. The monoisotopic (exact) mass is 311 g/mol. The number of nitrogens with zero attached hydrogens (tertiary/aromatic N) is 2. The second kappa shape index (κ2) is 7.15. The molecule has 21 heavy (non-hydrogen) atoms. The van der Waals surface area contributed by atoms with Crippen molar-refractivity contribution in [3.63, 3.8) is 0 Å². The van der Waals surface area contributed by atoms with Gasteiger partial charge in [0.2, 0.25) is 0 Å². The van der Waals surface area contributed by atoms with Crippen molar-refractivity contribution in [2.75, 3.05) is 6.54 Å². The van der Waals surface area contributed by atoms with Crippen LogP contribution in [0.1, 0.15) is 64.8 Å². The summed E-state index contributed by atoms with van der Waals surface area (Å²) < 4.78 is 2.10. The predicted octanol–water partition coefficient (Wildman–Crippen LogP) is 4.22. The summed E-state index contributed by atoms with van der Waals surface area (Å²) in [4.78, 5) is 0. The molecule has 120 valence electrons. The predicted molar refractivity (Wildman–Crippen MR) is 90.0 cm³/mol. The first-order valence-corrected chi connectivity index (χ1v) is 8.91. The molecule has 1 saturated carbocycles. The Balaban J connectivity index is 2.26. The fourth-order valence-corrected chi connectivity index (χ4v) is 4.09. The van der Waals surface area contributed by atoms with Gasteiger partial charge in [-0.1, -0.05) is 45.2 Å². The number of aryl methyl sites for hydroxylation is 2. The Morgan fingerprint density at radius 2 is 1.95 bits per heavy atom. The highest BCUT2D eigenvalue weighted by molar-refractivity contribution is 6.31. The van der Waals surface area contributed by atoms with E-state index in [0.29, 0.717) is 11.5 Å². The average molecular weight is 312 g/mol. The molecule has 4 heteroatoms. The molecule has 1 heterocycles. The van der Waals surface area contributed by atoms with Crippen LogP contribution in [0.2, 0.25) is 5.02 Å². The third-order valence-corrected chi connectivity index (χ3v) is 5.57. The number of hydrogen-bond donors (Lipinski definition) is 1. The molecule has 1 aliphatic carbocycles. The maximum absolute atomic E-state index is 6.59. The van der Waals surface area contributed by atoms with E-state index in [9.17, 15) is 0 Å². The van der Waals surface area contributed by atoms with Gasteiger partial charge in [0.05, 0.1) is 16.4 Å². The van der Waals surface area contributed by atoms with Crippen molar-refractivity contribution in [1.82, 2.24) is 15.1 Å². The van der Waals surface area contributed by atoms with Crippen LogP contribution in [0, 0.1) is 5.41 Å². The first-order chi connectivity index (χ1) is 10.1. The summed E-state index contributed by atoms with van der Waals surface area (Å²) in [5, 5.41) is 9.28. The van der Waals surface area contributed by atoms with E-state index in [1.165, 1.54) is 31.4 Å². The van der Waals surface area contributed by atoms with Gasteiger partial charge in [0.15, 0.2) is 0 Å². The van der Waals surface area contributed by atoms with Crippen molar-refractivity contribution in [2.24, 2.45) is 5.41 Å². The Kier molecular flexibility index (Phi) is 5.73. The van der Waals surface area contributed by atoms with Gasteiger partial charge in [-0.25, -0.2) is 0 Å². The standard InChI is InChI=1S/C17H30ClN3/c1-5-13-16(18)14(21(7-3)20-13)12-15(19-6-2)17(4)10-8-9-11-17/h15,19H,5-12H2,1-4H3. The van der Waals surface area contributed by atoms with Crippen molar-refractivity contribution in [3.8, 4) is 0 Å². The van der Waals surface area contributed by atoms with E-state index in [1.54, 1.807) is 0 Å². The quantitative estimate of drug-likeness (QED) is 0.817. The van der Waals surface area contributed by atoms with Crippen LogP contribution in [0.15, 0.2) is 0 Å². The minimum atomic E-state index is 0.397. The number of rotatable bonds is 7. The summed E-state index contributed by atoms with van der Waals surface area (Å²) in [7, 11) is 0. The van der Waals surface area contributed by atoms with Crippen LogP contribution in [-0.4, -0.2) is 22.4 Å². The molecule has 0 saturated heterocycles. The van der Waals surface area contributed by atoms with E-state index in [4.69, 9.17) is 11.6 Å². The van der Waals surface area contributed by atoms with Gasteiger partial charge in [0.25, 0.3) is 0 Å². The van der Waals surface area contributed by atoms with Gasteiger partial charge in [-0.15, -0.1) is 0 Å². The Morgan fingerprint density at radius 1 is 1.29 bits per heavy atom. The zero-order chi connectivity index (χ0) is 15.5. The first-order valence-electron chi connectivity index (χ1n) is 8.53. The maximum Gasteiger partial charge on any atom is 0.0850 e. The number of nitrogens with one attached hydrogen (secondary N) is 1. The lowest BCUT2D eigenvalue weighted by molar-refractivity contribution is 0.219. The largest absolute Gasteiger partial charge is 0.313 e. The van der Waals surface area contributed by atoms with E-state index < -0.39 is 0 Å². The van der Waals surface area contributed by atoms with Crippen LogP contribution in [0.3, 0.4) is 0 Å². The van der Waals surface area contributed by atoms with Crippen LogP contribution >= 0.6 is 11.6 Å². The lowest BCUT2D eigenvalue weighted by Crippen LogP contribution is -2.44. The summed E-state index contributed by atoms with van der Waals surface area (Å²) in [6, 6.07) is 0.495. The number of likely N-dealkylation sites (N-methyl/N-ethyl adjacent to an activating group) is 1. The smallest absolute Gasteiger partial charge is 0.0850 e. The van der Waals surface area contributed by atoms with E-state index >= 15 is 0 Å². The summed E-state index contributed by atoms with van der Waals surface area (Å²) in [6.45, 7) is 10.8. The molecule has 2 rings (SSSR count). The molecule has 1 aliphatic rings. The van der Waals surface area contributed by atoms with Crippen LogP contribution < -0.4 is 5.32 Å². The SMILES string of the molecule is CCNC(Cc1c(Cl)c(CC)nn1CC)C1(C)CCCC1. The van der Waals surface area contributed by atoms with Gasteiger partial charge >= 0.3 is 0 Å². The van der Waals surface area contributed by atoms with Gasteiger partial charge in [-0.2, -0.15) is 5.10 Å². The van der Waals surface area contributed by atoms with Crippen molar-refractivity contribution >= 4 is 11.6 Å². The van der Waals surface area contributed by atoms with Crippen molar-refractivity contribution in [2.45, 2.75) is 78.8 Å². The Hall–Kier alpha value is -0.540. The second-order valence-electron chi connectivity index (χ2n) is 6.55. The molecule has 0 amide bonds. The maximum atomic E-state index is 6.59. The third kappa shape index (κ3) is 3.45. The van der Waals surface area contributed by atoms with Gasteiger partial charge in [0, 0.05) is 19.0 Å². The summed E-state index contributed by atoms with van der Waals surface area (Å²) in [5.74, 6) is 0. The van der Waals surface area contributed by atoms with Crippen LogP contribution in [0.4, 0.5) is 0 Å². The van der Waals surface area contributed by atoms with Crippen LogP contribution in [0.25, 0.3) is 0 Å². The van der Waals surface area contributed by atoms with Crippen molar-refractivity contribution < 1.29 is 0 Å². The molecule has 0 aromatic carbocycles. The van der Waals surface area contributed by atoms with E-state index in [1.807, 2.05) is 0 Å². The normalized spacial score (nSPS) is 19.1. The molecule has 0 radical (unpaired) electrons. The highest BCUT2D eigenvalue weighted by atomic mass is 35.5. The lowest BCUT2D eigenvalue weighted by atomic mass is 9.78. The molecule has 1 unspecified atom stereocenters. The second-order valence-corrected chi connectivity index (χ2v) is 6.93. The lowest BCUT2D eigenvalue weighted by Gasteiger charge is -2.35. The van der Waals surface area contributed by atoms with E-state index in [0.717, 1.165) is 36.6 Å². The molecule has 1 fully saturated rings. The number of halogens is 1. The molecular weight excluding hydrogens is 282 g/mol. The van der Waals surface area contributed by atoms with Crippen molar-refractivity contribution in [1.29, 1.82) is 0 Å². The Morgan fingerprint density at radius 3 is 2.48 bits per heavy atom. The number of aromatic nitrogens is 2. The summed E-state index contributed by atoms with van der Waals surface area (Å²) in [6.07, 6.45) is 7.26. The zero-order valence-electron chi connectivity index (χ0n) is 14.0. The third-order valence-electron chi connectivity index (χ3n) is 5.13. The van der Waals surface area contributed by atoms with Gasteiger partial charge in [-0.05, 0) is 38.1 Å². The van der Waals surface area contributed by atoms with Crippen molar-refractivity contribution in [3.05, 3.63) is 16.4 Å². The molecule has 1 atom stereocenters. The molecule has 1 N–H and O–H groups in total. The minimum absolute atomic E-state index is 0.397. The van der Waals surface area contributed by atoms with E-state index in [2.05, 4.69) is 42.8 Å².